The molecular weight excluding hydrogens is 336 g/mol. The van der Waals surface area contributed by atoms with Crippen LogP contribution < -0.4 is 5.32 Å². The number of thiazole rings is 1. The lowest BCUT2D eigenvalue weighted by atomic mass is 10.1. The van der Waals surface area contributed by atoms with Gasteiger partial charge in [-0.2, -0.15) is 0 Å². The summed E-state index contributed by atoms with van der Waals surface area (Å²) in [6.45, 7) is 2.02. The molecule has 5 heteroatoms. The second kappa shape index (κ2) is 8.31. The number of nitrogens with zero attached hydrogens (tertiary/aromatic N) is 1. The smallest absolute Gasteiger partial charge is 0.220 e. The van der Waals surface area contributed by atoms with Gasteiger partial charge in [0, 0.05) is 12.2 Å². The van der Waals surface area contributed by atoms with E-state index in [-0.39, 0.29) is 11.9 Å². The van der Waals surface area contributed by atoms with Gasteiger partial charge in [0.25, 0.3) is 0 Å². The first-order chi connectivity index (χ1) is 11.7. The van der Waals surface area contributed by atoms with Crippen LogP contribution >= 0.6 is 23.1 Å². The summed E-state index contributed by atoms with van der Waals surface area (Å²) in [6, 6.07) is 18.3. The normalized spacial score (nSPS) is 12.2. The Morgan fingerprint density at radius 1 is 1.17 bits per heavy atom. The molecule has 3 nitrogen and oxygen atoms in total. The molecule has 1 amide bonds. The lowest BCUT2D eigenvalue weighted by Gasteiger charge is -2.14. The molecule has 1 aromatic heterocycles. The molecule has 0 aliphatic rings. The van der Waals surface area contributed by atoms with E-state index >= 15 is 0 Å². The van der Waals surface area contributed by atoms with Crippen LogP contribution in [-0.2, 0) is 4.79 Å². The predicted molar refractivity (Wildman–Crippen MR) is 103 cm³/mol. The Morgan fingerprint density at radius 2 is 1.92 bits per heavy atom. The molecule has 3 aromatic rings. The number of amides is 1. The highest BCUT2D eigenvalue weighted by atomic mass is 32.2. The Kier molecular flexibility index (Phi) is 5.88. The highest BCUT2D eigenvalue weighted by Gasteiger charge is 2.09. The summed E-state index contributed by atoms with van der Waals surface area (Å²) in [7, 11) is 0. The van der Waals surface area contributed by atoms with E-state index in [0.717, 1.165) is 27.6 Å². The van der Waals surface area contributed by atoms with Gasteiger partial charge in [-0.05, 0) is 31.0 Å². The fourth-order valence-corrected chi connectivity index (χ4v) is 4.52. The molecule has 124 valence electrons. The molecule has 1 atom stereocenters. The maximum Gasteiger partial charge on any atom is 0.220 e. The Bertz CT molecular complexity index is 768. The molecule has 24 heavy (non-hydrogen) atoms. The Hall–Kier alpha value is -1.85. The number of carbonyl (C=O) groups is 1. The second-order valence-electron chi connectivity index (χ2n) is 5.60. The highest BCUT2D eigenvalue weighted by molar-refractivity contribution is 8.01. The summed E-state index contributed by atoms with van der Waals surface area (Å²) in [5.41, 5.74) is 2.19. The number of hydrogen-bond acceptors (Lipinski definition) is 4. The predicted octanol–water partition coefficient (Wildman–Crippen LogP) is 5.05. The largest absolute Gasteiger partial charge is 0.350 e. The minimum atomic E-state index is 0.0515. The number of nitrogens with one attached hydrogen (secondary N) is 1. The van der Waals surface area contributed by atoms with Crippen molar-refractivity contribution < 1.29 is 4.79 Å². The van der Waals surface area contributed by atoms with E-state index < -0.39 is 0 Å². The van der Waals surface area contributed by atoms with Gasteiger partial charge < -0.3 is 5.32 Å². The molecule has 0 fully saturated rings. The number of thioether (sulfide) groups is 1. The zero-order valence-electron chi connectivity index (χ0n) is 13.6. The summed E-state index contributed by atoms with van der Waals surface area (Å²) in [4.78, 5) is 16.6. The van der Waals surface area contributed by atoms with E-state index in [2.05, 4.69) is 16.4 Å². The van der Waals surface area contributed by atoms with Crippen molar-refractivity contribution in [2.24, 2.45) is 0 Å². The van der Waals surface area contributed by atoms with Gasteiger partial charge in [-0.3, -0.25) is 4.79 Å². The summed E-state index contributed by atoms with van der Waals surface area (Å²) < 4.78 is 2.30. The van der Waals surface area contributed by atoms with Gasteiger partial charge in [0.15, 0.2) is 4.34 Å². The molecule has 0 bridgehead atoms. The first-order valence-corrected chi connectivity index (χ1v) is 9.85. The highest BCUT2D eigenvalue weighted by Crippen LogP contribution is 2.29. The van der Waals surface area contributed by atoms with E-state index in [9.17, 15) is 4.79 Å². The van der Waals surface area contributed by atoms with E-state index in [0.29, 0.717) is 6.42 Å². The van der Waals surface area contributed by atoms with Crippen molar-refractivity contribution in [3.8, 4) is 0 Å². The average Bonchev–Trinajstić information content (AvgIpc) is 3.02. The zero-order chi connectivity index (χ0) is 16.8. The number of benzene rings is 2. The minimum Gasteiger partial charge on any atom is -0.350 e. The molecular formula is C19H20N2OS2. The lowest BCUT2D eigenvalue weighted by Crippen LogP contribution is -2.26. The van der Waals surface area contributed by atoms with Crippen molar-refractivity contribution in [1.82, 2.24) is 10.3 Å². The molecule has 0 saturated heterocycles. The van der Waals surface area contributed by atoms with Gasteiger partial charge in [-0.25, -0.2) is 4.98 Å². The molecule has 0 aliphatic heterocycles. The van der Waals surface area contributed by atoms with Gasteiger partial charge in [-0.1, -0.05) is 54.2 Å². The van der Waals surface area contributed by atoms with Gasteiger partial charge in [0.1, 0.15) is 0 Å². The fraction of sp³-hybridized carbons (Fsp3) is 0.263. The third-order valence-corrected chi connectivity index (χ3v) is 5.99. The number of rotatable bonds is 7. The zero-order valence-corrected chi connectivity index (χ0v) is 15.2. The molecule has 1 N–H and O–H groups in total. The quantitative estimate of drug-likeness (QED) is 0.476. The second-order valence-corrected chi connectivity index (χ2v) is 7.97. The van der Waals surface area contributed by atoms with E-state index in [1.54, 1.807) is 23.1 Å². The number of fused-ring (bicyclic) bond motifs is 1. The number of carbonyl (C=O) groups excluding carboxylic acids is 1. The maximum atomic E-state index is 12.0. The van der Waals surface area contributed by atoms with E-state index in [4.69, 9.17) is 0 Å². The van der Waals surface area contributed by atoms with Gasteiger partial charge in [0.2, 0.25) is 5.91 Å². The molecule has 0 radical (unpaired) electrons. The Balaban J connectivity index is 1.40. The van der Waals surface area contributed by atoms with Crippen LogP contribution in [0.3, 0.4) is 0 Å². The molecule has 2 aromatic carbocycles. The van der Waals surface area contributed by atoms with Crippen LogP contribution in [0.5, 0.6) is 0 Å². The van der Waals surface area contributed by atoms with Crippen LogP contribution in [-0.4, -0.2) is 16.6 Å². The minimum absolute atomic E-state index is 0.0515. The van der Waals surface area contributed by atoms with Crippen molar-refractivity contribution in [3.05, 3.63) is 60.2 Å². The van der Waals surface area contributed by atoms with Crippen LogP contribution in [0, 0.1) is 0 Å². The molecule has 0 spiro atoms. The van der Waals surface area contributed by atoms with Crippen LogP contribution in [0.15, 0.2) is 58.9 Å². The van der Waals surface area contributed by atoms with Gasteiger partial charge >= 0.3 is 0 Å². The lowest BCUT2D eigenvalue weighted by molar-refractivity contribution is -0.121. The van der Waals surface area contributed by atoms with Crippen molar-refractivity contribution in [2.75, 3.05) is 5.75 Å². The van der Waals surface area contributed by atoms with Crippen molar-refractivity contribution in [3.63, 3.8) is 0 Å². The molecule has 3 rings (SSSR count). The van der Waals surface area contributed by atoms with Gasteiger partial charge in [-0.15, -0.1) is 11.3 Å². The number of para-hydroxylation sites is 1. The fourth-order valence-electron chi connectivity index (χ4n) is 2.44. The van der Waals surface area contributed by atoms with Crippen LogP contribution in [0.25, 0.3) is 10.2 Å². The van der Waals surface area contributed by atoms with E-state index in [1.807, 2.05) is 55.5 Å². The first kappa shape index (κ1) is 17.0. The maximum absolute atomic E-state index is 12.0. The molecule has 1 heterocycles. The first-order valence-electron chi connectivity index (χ1n) is 8.05. The number of hydrogen-bond donors (Lipinski definition) is 1. The Labute approximate surface area is 150 Å². The van der Waals surface area contributed by atoms with Crippen LogP contribution in [0.2, 0.25) is 0 Å². The third kappa shape index (κ3) is 4.58. The van der Waals surface area contributed by atoms with Crippen LogP contribution in [0.4, 0.5) is 0 Å². The summed E-state index contributed by atoms with van der Waals surface area (Å²) in [5.74, 6) is 1.02. The van der Waals surface area contributed by atoms with E-state index in [1.165, 1.54) is 4.70 Å². The van der Waals surface area contributed by atoms with Crippen molar-refractivity contribution >= 4 is 39.2 Å². The molecule has 0 saturated carbocycles. The van der Waals surface area contributed by atoms with Gasteiger partial charge in [0.05, 0.1) is 16.3 Å². The average molecular weight is 357 g/mol. The van der Waals surface area contributed by atoms with Crippen molar-refractivity contribution in [1.29, 1.82) is 0 Å². The molecule has 0 aliphatic carbocycles. The topological polar surface area (TPSA) is 42.0 Å². The molecule has 0 unspecified atom stereocenters. The SMILES string of the molecule is C[C@H](NC(=O)CCCSc1nc2ccccc2s1)c1ccccc1. The third-order valence-electron chi connectivity index (χ3n) is 3.73. The summed E-state index contributed by atoms with van der Waals surface area (Å²) in [5, 5.41) is 3.06. The van der Waals surface area contributed by atoms with Crippen molar-refractivity contribution in [2.45, 2.75) is 30.1 Å². The summed E-state index contributed by atoms with van der Waals surface area (Å²) in [6.07, 6.45) is 1.41. The summed E-state index contributed by atoms with van der Waals surface area (Å²) >= 11 is 3.45. The standard InChI is InChI=1S/C19H20N2OS2/c1-14(15-8-3-2-4-9-15)20-18(22)12-7-13-23-19-21-16-10-5-6-11-17(16)24-19/h2-6,8-11,14H,7,12-13H2,1H3,(H,20,22)/t14-/m0/s1. The van der Waals surface area contributed by atoms with Crippen LogP contribution in [0.1, 0.15) is 31.4 Å². The number of aromatic nitrogens is 1. The Morgan fingerprint density at radius 3 is 2.71 bits per heavy atom. The monoisotopic (exact) mass is 356 g/mol.